The summed E-state index contributed by atoms with van der Waals surface area (Å²) in [7, 11) is 0. The summed E-state index contributed by atoms with van der Waals surface area (Å²) in [6.45, 7) is 2.08. The van der Waals surface area contributed by atoms with Crippen LogP contribution in [0, 0.1) is 5.82 Å². The smallest absolute Gasteiger partial charge is 0.251 e. The number of benzene rings is 1. The molecule has 0 spiro atoms. The van der Waals surface area contributed by atoms with Gasteiger partial charge in [0.25, 0.3) is 5.91 Å². The fraction of sp³-hybridized carbons (Fsp3) is 0.500. The van der Waals surface area contributed by atoms with Crippen molar-refractivity contribution in [2.45, 2.75) is 49.5 Å². The predicted octanol–water partition coefficient (Wildman–Crippen LogP) is 3.57. The molecule has 1 aliphatic carbocycles. The summed E-state index contributed by atoms with van der Waals surface area (Å²) < 4.78 is 13.1. The van der Waals surface area contributed by atoms with Gasteiger partial charge in [-0.05, 0) is 38.0 Å². The highest BCUT2D eigenvalue weighted by molar-refractivity contribution is 7.80. The highest BCUT2D eigenvalue weighted by Crippen LogP contribution is 2.28. The Balaban J connectivity index is 2.09. The largest absolute Gasteiger partial charge is 0.347 e. The number of halogens is 1. The standard InChI is InChI=1S/C14H18FNOS/c1-14(7-3-2-4-8-14)16-13(17)10-5-6-11(15)12(18)9-10/h5-6,9,18H,2-4,7-8H2,1H3,(H,16,17). The van der Waals surface area contributed by atoms with Crippen molar-refractivity contribution in [2.75, 3.05) is 0 Å². The molecule has 4 heteroatoms. The normalized spacial score (nSPS) is 18.4. The van der Waals surface area contributed by atoms with E-state index in [1.165, 1.54) is 24.6 Å². The first-order valence-electron chi connectivity index (χ1n) is 6.31. The molecule has 18 heavy (non-hydrogen) atoms. The summed E-state index contributed by atoms with van der Waals surface area (Å²) in [6, 6.07) is 4.25. The molecule has 1 aliphatic rings. The third kappa shape index (κ3) is 3.05. The molecule has 0 heterocycles. The molecule has 0 saturated heterocycles. The van der Waals surface area contributed by atoms with Crippen molar-refractivity contribution in [3.8, 4) is 0 Å². The van der Waals surface area contributed by atoms with Gasteiger partial charge in [-0.2, -0.15) is 0 Å². The Morgan fingerprint density at radius 1 is 1.33 bits per heavy atom. The number of rotatable bonds is 2. The van der Waals surface area contributed by atoms with E-state index in [1.807, 2.05) is 0 Å². The number of hydrogen-bond acceptors (Lipinski definition) is 2. The molecule has 1 aromatic carbocycles. The zero-order valence-electron chi connectivity index (χ0n) is 10.5. The van der Waals surface area contributed by atoms with E-state index >= 15 is 0 Å². The van der Waals surface area contributed by atoms with Crippen molar-refractivity contribution in [1.82, 2.24) is 5.32 Å². The molecule has 1 saturated carbocycles. The quantitative estimate of drug-likeness (QED) is 0.788. The van der Waals surface area contributed by atoms with E-state index in [-0.39, 0.29) is 16.3 Å². The zero-order valence-corrected chi connectivity index (χ0v) is 11.4. The average molecular weight is 267 g/mol. The first-order chi connectivity index (χ1) is 8.50. The third-order valence-electron chi connectivity index (χ3n) is 3.58. The van der Waals surface area contributed by atoms with E-state index in [2.05, 4.69) is 24.9 Å². The minimum absolute atomic E-state index is 0.125. The molecule has 1 aromatic rings. The van der Waals surface area contributed by atoms with Crippen LogP contribution >= 0.6 is 12.6 Å². The van der Waals surface area contributed by atoms with Crippen LogP contribution in [0.25, 0.3) is 0 Å². The van der Waals surface area contributed by atoms with Gasteiger partial charge >= 0.3 is 0 Å². The number of carbonyl (C=O) groups is 1. The topological polar surface area (TPSA) is 29.1 Å². The van der Waals surface area contributed by atoms with Crippen LogP contribution in [0.2, 0.25) is 0 Å². The van der Waals surface area contributed by atoms with Gasteiger partial charge in [0.2, 0.25) is 0 Å². The SMILES string of the molecule is CC1(NC(=O)c2ccc(F)c(S)c2)CCCCC1. The monoisotopic (exact) mass is 267 g/mol. The molecule has 0 aromatic heterocycles. The first kappa shape index (κ1) is 13.4. The molecule has 1 fully saturated rings. The van der Waals surface area contributed by atoms with E-state index in [0.29, 0.717) is 5.56 Å². The summed E-state index contributed by atoms with van der Waals surface area (Å²) in [4.78, 5) is 12.3. The molecule has 2 rings (SSSR count). The molecule has 1 amide bonds. The summed E-state index contributed by atoms with van der Waals surface area (Å²) >= 11 is 3.99. The average Bonchev–Trinajstić information content (AvgIpc) is 2.33. The Kier molecular flexibility index (Phi) is 3.95. The number of nitrogens with one attached hydrogen (secondary N) is 1. The lowest BCUT2D eigenvalue weighted by atomic mass is 9.83. The Morgan fingerprint density at radius 3 is 2.61 bits per heavy atom. The zero-order chi connectivity index (χ0) is 13.2. The van der Waals surface area contributed by atoms with Gasteiger partial charge in [-0.15, -0.1) is 12.6 Å². The maximum Gasteiger partial charge on any atom is 0.251 e. The molecule has 0 aliphatic heterocycles. The number of hydrogen-bond donors (Lipinski definition) is 2. The lowest BCUT2D eigenvalue weighted by molar-refractivity contribution is 0.0882. The van der Waals surface area contributed by atoms with Crippen LogP contribution in [-0.4, -0.2) is 11.4 Å². The van der Waals surface area contributed by atoms with E-state index < -0.39 is 5.82 Å². The summed E-state index contributed by atoms with van der Waals surface area (Å²) in [5.74, 6) is -0.548. The number of thiol groups is 1. The van der Waals surface area contributed by atoms with Crippen LogP contribution in [0.15, 0.2) is 23.1 Å². The Labute approximate surface area is 112 Å². The number of carbonyl (C=O) groups excluding carboxylic acids is 1. The predicted molar refractivity (Wildman–Crippen MR) is 72.6 cm³/mol. The van der Waals surface area contributed by atoms with E-state index in [0.717, 1.165) is 25.7 Å². The Morgan fingerprint density at radius 2 is 2.00 bits per heavy atom. The highest BCUT2D eigenvalue weighted by atomic mass is 32.1. The summed E-state index contributed by atoms with van der Waals surface area (Å²) in [6.07, 6.45) is 5.56. The molecule has 2 nitrogen and oxygen atoms in total. The molecule has 0 unspecified atom stereocenters. The van der Waals surface area contributed by atoms with Crippen molar-refractivity contribution in [3.05, 3.63) is 29.6 Å². The minimum Gasteiger partial charge on any atom is -0.347 e. The van der Waals surface area contributed by atoms with Crippen LogP contribution < -0.4 is 5.32 Å². The first-order valence-corrected chi connectivity index (χ1v) is 6.76. The molecule has 1 N–H and O–H groups in total. The van der Waals surface area contributed by atoms with Gasteiger partial charge in [-0.25, -0.2) is 4.39 Å². The van der Waals surface area contributed by atoms with Gasteiger partial charge in [0.1, 0.15) is 5.82 Å². The van der Waals surface area contributed by atoms with Crippen molar-refractivity contribution < 1.29 is 9.18 Å². The molecule has 0 atom stereocenters. The van der Waals surface area contributed by atoms with Crippen molar-refractivity contribution in [1.29, 1.82) is 0 Å². The molecule has 0 bridgehead atoms. The van der Waals surface area contributed by atoms with Gasteiger partial charge in [-0.1, -0.05) is 19.3 Å². The number of amides is 1. The van der Waals surface area contributed by atoms with Crippen molar-refractivity contribution in [2.24, 2.45) is 0 Å². The van der Waals surface area contributed by atoms with Crippen LogP contribution in [0.3, 0.4) is 0 Å². The second kappa shape index (κ2) is 5.31. The van der Waals surface area contributed by atoms with Gasteiger partial charge < -0.3 is 5.32 Å². The van der Waals surface area contributed by atoms with Gasteiger partial charge in [0, 0.05) is 16.0 Å². The Hall–Kier alpha value is -1.03. The fourth-order valence-corrected chi connectivity index (χ4v) is 2.67. The van der Waals surface area contributed by atoms with Crippen LogP contribution in [-0.2, 0) is 0 Å². The maximum atomic E-state index is 13.1. The lowest BCUT2D eigenvalue weighted by Gasteiger charge is -2.34. The van der Waals surface area contributed by atoms with Crippen LogP contribution in [0.5, 0.6) is 0 Å². The van der Waals surface area contributed by atoms with E-state index in [4.69, 9.17) is 0 Å². The summed E-state index contributed by atoms with van der Waals surface area (Å²) in [5, 5.41) is 3.06. The Bertz CT molecular complexity index is 455. The molecular weight excluding hydrogens is 249 g/mol. The van der Waals surface area contributed by atoms with Crippen LogP contribution in [0.1, 0.15) is 49.4 Å². The van der Waals surface area contributed by atoms with Gasteiger partial charge in [0.05, 0.1) is 0 Å². The molecular formula is C14H18FNOS. The van der Waals surface area contributed by atoms with E-state index in [1.54, 1.807) is 0 Å². The fourth-order valence-electron chi connectivity index (χ4n) is 2.46. The van der Waals surface area contributed by atoms with Crippen molar-refractivity contribution in [3.63, 3.8) is 0 Å². The van der Waals surface area contributed by atoms with Gasteiger partial charge in [0.15, 0.2) is 0 Å². The van der Waals surface area contributed by atoms with Crippen LogP contribution in [0.4, 0.5) is 4.39 Å². The summed E-state index contributed by atoms with van der Waals surface area (Å²) in [5.41, 5.74) is 0.341. The van der Waals surface area contributed by atoms with E-state index in [9.17, 15) is 9.18 Å². The lowest BCUT2D eigenvalue weighted by Crippen LogP contribution is -2.47. The molecule has 98 valence electrons. The highest BCUT2D eigenvalue weighted by Gasteiger charge is 2.28. The second-order valence-electron chi connectivity index (χ2n) is 5.24. The second-order valence-corrected chi connectivity index (χ2v) is 5.72. The maximum absolute atomic E-state index is 13.1. The van der Waals surface area contributed by atoms with Crippen molar-refractivity contribution >= 4 is 18.5 Å². The molecule has 0 radical (unpaired) electrons. The third-order valence-corrected chi connectivity index (χ3v) is 3.92. The van der Waals surface area contributed by atoms with Gasteiger partial charge in [-0.3, -0.25) is 4.79 Å². The minimum atomic E-state index is -0.404.